The number of carbonyl (C=O) groups is 2. The van der Waals surface area contributed by atoms with Crippen molar-refractivity contribution in [3.8, 4) is 0 Å². The molecular weight excluding hydrogens is 274 g/mol. The summed E-state index contributed by atoms with van der Waals surface area (Å²) in [5.41, 5.74) is 9.44. The van der Waals surface area contributed by atoms with Gasteiger partial charge in [-0.05, 0) is 36.9 Å². The average Bonchev–Trinajstić information content (AvgIpc) is 2.69. The maximum absolute atomic E-state index is 12.3. The Morgan fingerprint density at radius 2 is 2.48 bits per heavy atom. The molecule has 1 atom stereocenters. The van der Waals surface area contributed by atoms with Crippen LogP contribution in [0.2, 0.25) is 0 Å². The molecule has 2 aliphatic heterocycles. The van der Waals surface area contributed by atoms with Gasteiger partial charge in [-0.15, -0.1) is 0 Å². The fraction of sp³-hybridized carbons (Fsp3) is 0.462. The van der Waals surface area contributed by atoms with E-state index in [2.05, 4.69) is 15.0 Å². The highest BCUT2D eigenvalue weighted by Crippen LogP contribution is 2.29. The molecule has 0 aromatic rings. The molecule has 21 heavy (non-hydrogen) atoms. The first-order valence-corrected chi connectivity index (χ1v) is 6.59. The van der Waals surface area contributed by atoms with E-state index in [1.807, 2.05) is 6.08 Å². The van der Waals surface area contributed by atoms with E-state index in [4.69, 9.17) is 10.3 Å². The summed E-state index contributed by atoms with van der Waals surface area (Å²) in [5.74, 6) is -0.507. The third-order valence-corrected chi connectivity index (χ3v) is 3.13. The number of amides is 1. The molecule has 0 aromatic carbocycles. The molecule has 1 amide bonds. The lowest BCUT2D eigenvalue weighted by Crippen LogP contribution is -2.44. The molecule has 2 aliphatic rings. The molecule has 0 fully saturated rings. The number of rotatable bonds is 4. The SMILES string of the molecule is CCOC(=O)CN1C(=O)C(N=[N+]=[N-])CC2=C1N=CC=CC2. The summed E-state index contributed by atoms with van der Waals surface area (Å²) in [6.07, 6.45) is 6.16. The highest BCUT2D eigenvalue weighted by Gasteiger charge is 2.35. The minimum absolute atomic E-state index is 0.234. The molecule has 0 spiro atoms. The highest BCUT2D eigenvalue weighted by atomic mass is 16.5. The highest BCUT2D eigenvalue weighted by molar-refractivity contribution is 5.89. The zero-order valence-corrected chi connectivity index (χ0v) is 11.6. The summed E-state index contributed by atoms with van der Waals surface area (Å²) in [6.45, 7) is 1.69. The van der Waals surface area contributed by atoms with Gasteiger partial charge in [0.1, 0.15) is 18.4 Å². The van der Waals surface area contributed by atoms with Gasteiger partial charge in [0.25, 0.3) is 0 Å². The van der Waals surface area contributed by atoms with Gasteiger partial charge in [0.15, 0.2) is 0 Å². The van der Waals surface area contributed by atoms with Gasteiger partial charge in [-0.25, -0.2) is 4.99 Å². The molecule has 2 heterocycles. The van der Waals surface area contributed by atoms with Crippen molar-refractivity contribution in [1.82, 2.24) is 4.90 Å². The Balaban J connectivity index is 2.34. The second-order valence-corrected chi connectivity index (χ2v) is 4.49. The molecule has 0 saturated carbocycles. The van der Waals surface area contributed by atoms with Crippen LogP contribution in [-0.4, -0.2) is 42.2 Å². The predicted molar refractivity (Wildman–Crippen MR) is 75.2 cm³/mol. The van der Waals surface area contributed by atoms with Gasteiger partial charge in [-0.3, -0.25) is 14.5 Å². The van der Waals surface area contributed by atoms with Crippen molar-refractivity contribution in [2.75, 3.05) is 13.2 Å². The fourth-order valence-corrected chi connectivity index (χ4v) is 2.25. The Bertz CT molecular complexity index is 587. The standard InChI is InChI=1S/C13H15N5O3/c1-2-21-11(19)8-18-12-9(5-3-4-6-15-12)7-10(13(18)20)16-17-14/h3-4,6,10H,2,5,7-8H2,1H3. The molecule has 0 N–H and O–H groups in total. The molecular formula is C13H15N5O3. The first-order valence-electron chi connectivity index (χ1n) is 6.59. The number of esters is 1. The van der Waals surface area contributed by atoms with Crippen LogP contribution in [0, 0.1) is 0 Å². The van der Waals surface area contributed by atoms with Gasteiger partial charge in [0, 0.05) is 11.1 Å². The van der Waals surface area contributed by atoms with E-state index in [0.717, 1.165) is 5.57 Å². The largest absolute Gasteiger partial charge is 0.465 e. The number of ether oxygens (including phenoxy) is 1. The van der Waals surface area contributed by atoms with Crippen molar-refractivity contribution in [2.45, 2.75) is 25.8 Å². The molecule has 8 nitrogen and oxygen atoms in total. The summed E-state index contributed by atoms with van der Waals surface area (Å²) in [4.78, 5) is 32.2. The van der Waals surface area contributed by atoms with E-state index in [-0.39, 0.29) is 13.2 Å². The van der Waals surface area contributed by atoms with Crippen molar-refractivity contribution in [2.24, 2.45) is 10.1 Å². The second-order valence-electron chi connectivity index (χ2n) is 4.49. The number of allylic oxidation sites excluding steroid dienone is 2. The molecule has 0 aromatic heterocycles. The maximum Gasteiger partial charge on any atom is 0.326 e. The van der Waals surface area contributed by atoms with E-state index in [0.29, 0.717) is 18.7 Å². The first-order chi connectivity index (χ1) is 10.2. The summed E-state index contributed by atoms with van der Waals surface area (Å²) in [7, 11) is 0. The summed E-state index contributed by atoms with van der Waals surface area (Å²) >= 11 is 0. The summed E-state index contributed by atoms with van der Waals surface area (Å²) in [6, 6.07) is -0.843. The lowest BCUT2D eigenvalue weighted by molar-refractivity contribution is -0.148. The lowest BCUT2D eigenvalue weighted by Gasteiger charge is -2.31. The zero-order valence-electron chi connectivity index (χ0n) is 11.6. The van der Waals surface area contributed by atoms with E-state index < -0.39 is 17.9 Å². The molecule has 110 valence electrons. The number of hydrogen-bond acceptors (Lipinski definition) is 5. The van der Waals surface area contributed by atoms with Crippen LogP contribution in [0.5, 0.6) is 0 Å². The third-order valence-electron chi connectivity index (χ3n) is 3.13. The summed E-state index contributed by atoms with van der Waals surface area (Å²) in [5, 5.41) is 3.52. The van der Waals surface area contributed by atoms with E-state index >= 15 is 0 Å². The molecule has 0 radical (unpaired) electrons. The van der Waals surface area contributed by atoms with Crippen LogP contribution >= 0.6 is 0 Å². The quantitative estimate of drug-likeness (QED) is 0.340. The molecule has 0 saturated heterocycles. The first kappa shape index (κ1) is 14.8. The van der Waals surface area contributed by atoms with Crippen LogP contribution < -0.4 is 0 Å². The van der Waals surface area contributed by atoms with Gasteiger partial charge in [0.05, 0.1) is 6.61 Å². The van der Waals surface area contributed by atoms with Gasteiger partial charge in [-0.2, -0.15) is 0 Å². The zero-order chi connectivity index (χ0) is 15.2. The normalized spacial score (nSPS) is 20.7. The van der Waals surface area contributed by atoms with Crippen LogP contribution in [0.1, 0.15) is 19.8 Å². The van der Waals surface area contributed by atoms with Crippen molar-refractivity contribution < 1.29 is 14.3 Å². The summed E-state index contributed by atoms with van der Waals surface area (Å²) < 4.78 is 4.87. The number of nitrogens with zero attached hydrogens (tertiary/aromatic N) is 5. The average molecular weight is 289 g/mol. The minimum Gasteiger partial charge on any atom is -0.465 e. The van der Waals surface area contributed by atoms with Gasteiger partial charge in [0.2, 0.25) is 5.91 Å². The topological polar surface area (TPSA) is 108 Å². The molecule has 0 bridgehead atoms. The van der Waals surface area contributed by atoms with E-state index in [1.165, 1.54) is 4.90 Å². The smallest absolute Gasteiger partial charge is 0.326 e. The van der Waals surface area contributed by atoms with E-state index in [1.54, 1.807) is 19.2 Å². The van der Waals surface area contributed by atoms with Crippen molar-refractivity contribution in [3.63, 3.8) is 0 Å². The predicted octanol–water partition coefficient (Wildman–Crippen LogP) is 1.70. The Morgan fingerprint density at radius 1 is 1.67 bits per heavy atom. The minimum atomic E-state index is -0.843. The number of hydrogen-bond donors (Lipinski definition) is 0. The van der Waals surface area contributed by atoms with Crippen LogP contribution in [0.15, 0.2) is 33.7 Å². The Kier molecular flexibility index (Phi) is 4.73. The Morgan fingerprint density at radius 3 is 3.19 bits per heavy atom. The molecule has 2 rings (SSSR count). The van der Waals surface area contributed by atoms with Crippen LogP contribution in [0.25, 0.3) is 10.4 Å². The Hall–Kier alpha value is -2.60. The Labute approximate surface area is 121 Å². The van der Waals surface area contributed by atoms with Crippen molar-refractivity contribution in [1.29, 1.82) is 0 Å². The fourth-order valence-electron chi connectivity index (χ4n) is 2.25. The third kappa shape index (κ3) is 3.29. The van der Waals surface area contributed by atoms with Gasteiger partial charge < -0.3 is 4.74 Å². The van der Waals surface area contributed by atoms with Crippen molar-refractivity contribution in [3.05, 3.63) is 34.0 Å². The number of azide groups is 1. The van der Waals surface area contributed by atoms with Crippen LogP contribution in [0.4, 0.5) is 0 Å². The number of carbonyl (C=O) groups excluding carboxylic acids is 2. The van der Waals surface area contributed by atoms with Crippen molar-refractivity contribution >= 4 is 18.1 Å². The van der Waals surface area contributed by atoms with Crippen LogP contribution in [0.3, 0.4) is 0 Å². The second kappa shape index (κ2) is 6.71. The maximum atomic E-state index is 12.3. The number of aliphatic imine (C=N–C) groups is 1. The van der Waals surface area contributed by atoms with Crippen LogP contribution in [-0.2, 0) is 14.3 Å². The lowest BCUT2D eigenvalue weighted by atomic mass is 9.98. The molecule has 1 unspecified atom stereocenters. The van der Waals surface area contributed by atoms with E-state index in [9.17, 15) is 9.59 Å². The molecule has 0 aliphatic carbocycles. The van der Waals surface area contributed by atoms with Gasteiger partial charge in [-0.1, -0.05) is 11.2 Å². The monoisotopic (exact) mass is 289 g/mol. The molecule has 8 heteroatoms. The van der Waals surface area contributed by atoms with Gasteiger partial charge >= 0.3 is 5.97 Å².